The van der Waals surface area contributed by atoms with Crippen LogP contribution in [-0.2, 0) is 6.54 Å². The number of hydrogen-bond donors (Lipinski definition) is 2. The molecule has 6 nitrogen and oxygen atoms in total. The van der Waals surface area contributed by atoms with Crippen molar-refractivity contribution >= 4 is 11.7 Å². The van der Waals surface area contributed by atoms with Crippen molar-refractivity contribution in [2.45, 2.75) is 20.4 Å². The van der Waals surface area contributed by atoms with Gasteiger partial charge in [0.15, 0.2) is 0 Å². The van der Waals surface area contributed by atoms with E-state index >= 15 is 0 Å². The van der Waals surface area contributed by atoms with E-state index in [1.807, 2.05) is 50.2 Å². The summed E-state index contributed by atoms with van der Waals surface area (Å²) in [6, 6.07) is 14.7. The Morgan fingerprint density at radius 1 is 1.15 bits per heavy atom. The number of hydrogen-bond acceptors (Lipinski definition) is 4. The van der Waals surface area contributed by atoms with Crippen LogP contribution in [0.1, 0.15) is 17.0 Å². The van der Waals surface area contributed by atoms with E-state index < -0.39 is 0 Å². The molecule has 1 aromatic heterocycles. The summed E-state index contributed by atoms with van der Waals surface area (Å²) < 4.78 is 10.9. The lowest BCUT2D eigenvalue weighted by atomic mass is 10.1. The van der Waals surface area contributed by atoms with E-state index in [1.165, 1.54) is 0 Å². The molecule has 0 saturated heterocycles. The van der Waals surface area contributed by atoms with Crippen LogP contribution in [-0.4, -0.2) is 18.1 Å². The fourth-order valence-electron chi connectivity index (χ4n) is 2.56. The number of oxazole rings is 1. The smallest absolute Gasteiger partial charge is 0.319 e. The Kier molecular flexibility index (Phi) is 5.22. The van der Waals surface area contributed by atoms with E-state index in [9.17, 15) is 4.79 Å². The number of benzene rings is 2. The average molecular weight is 351 g/mol. The van der Waals surface area contributed by atoms with Crippen LogP contribution in [0.3, 0.4) is 0 Å². The van der Waals surface area contributed by atoms with Gasteiger partial charge in [-0.1, -0.05) is 24.3 Å². The number of amides is 2. The Bertz CT molecular complexity index is 918. The maximum Gasteiger partial charge on any atom is 0.319 e. The molecule has 2 amide bonds. The first-order valence-electron chi connectivity index (χ1n) is 8.28. The van der Waals surface area contributed by atoms with E-state index in [4.69, 9.17) is 9.15 Å². The Morgan fingerprint density at radius 3 is 2.73 bits per heavy atom. The molecule has 0 radical (unpaired) electrons. The molecule has 0 bridgehead atoms. The number of carbonyl (C=O) groups excluding carboxylic acids is 1. The summed E-state index contributed by atoms with van der Waals surface area (Å²) in [5.74, 6) is 1.92. The third-order valence-corrected chi connectivity index (χ3v) is 4.01. The molecule has 1 heterocycles. The molecule has 0 aliphatic carbocycles. The summed E-state index contributed by atoms with van der Waals surface area (Å²) in [6.45, 7) is 4.12. The van der Waals surface area contributed by atoms with Crippen LogP contribution in [0.2, 0.25) is 0 Å². The standard InChI is InChI=1S/C20H21N3O3/c1-13-7-4-5-10-17(13)19-23-18(14(2)26-19)12-21-20(24)22-15-8-6-9-16(11-15)25-3/h4-11H,12H2,1-3H3,(H2,21,22,24). The van der Waals surface area contributed by atoms with Crippen molar-refractivity contribution in [3.63, 3.8) is 0 Å². The normalized spacial score (nSPS) is 10.4. The van der Waals surface area contributed by atoms with Crippen LogP contribution in [0.4, 0.5) is 10.5 Å². The molecular weight excluding hydrogens is 330 g/mol. The Balaban J connectivity index is 1.64. The van der Waals surface area contributed by atoms with Crippen molar-refractivity contribution in [1.29, 1.82) is 0 Å². The first-order chi connectivity index (χ1) is 12.6. The van der Waals surface area contributed by atoms with E-state index in [-0.39, 0.29) is 12.6 Å². The number of aryl methyl sites for hydroxylation is 2. The molecule has 3 rings (SSSR count). The van der Waals surface area contributed by atoms with Gasteiger partial charge in [-0.2, -0.15) is 0 Å². The molecule has 2 N–H and O–H groups in total. The van der Waals surface area contributed by atoms with Gasteiger partial charge < -0.3 is 19.8 Å². The highest BCUT2D eigenvalue weighted by atomic mass is 16.5. The summed E-state index contributed by atoms with van der Waals surface area (Å²) in [6.07, 6.45) is 0. The molecule has 0 fully saturated rings. The summed E-state index contributed by atoms with van der Waals surface area (Å²) in [5.41, 5.74) is 3.38. The van der Waals surface area contributed by atoms with Crippen molar-refractivity contribution in [3.8, 4) is 17.2 Å². The van der Waals surface area contributed by atoms with Gasteiger partial charge in [0.05, 0.1) is 13.7 Å². The summed E-state index contributed by atoms with van der Waals surface area (Å²) >= 11 is 0. The molecule has 0 spiro atoms. The fraction of sp³-hybridized carbons (Fsp3) is 0.200. The lowest BCUT2D eigenvalue weighted by molar-refractivity contribution is 0.251. The summed E-state index contributed by atoms with van der Waals surface area (Å²) in [4.78, 5) is 16.6. The van der Waals surface area contributed by atoms with Gasteiger partial charge in [0, 0.05) is 17.3 Å². The van der Waals surface area contributed by atoms with Crippen LogP contribution >= 0.6 is 0 Å². The first kappa shape index (κ1) is 17.5. The maximum absolute atomic E-state index is 12.1. The second-order valence-corrected chi connectivity index (χ2v) is 5.88. The van der Waals surface area contributed by atoms with Crippen molar-refractivity contribution in [1.82, 2.24) is 10.3 Å². The summed E-state index contributed by atoms with van der Waals surface area (Å²) in [7, 11) is 1.58. The van der Waals surface area contributed by atoms with Crippen molar-refractivity contribution in [2.24, 2.45) is 0 Å². The van der Waals surface area contributed by atoms with Crippen LogP contribution in [0.25, 0.3) is 11.5 Å². The van der Waals surface area contributed by atoms with Crippen molar-refractivity contribution in [2.75, 3.05) is 12.4 Å². The number of nitrogens with one attached hydrogen (secondary N) is 2. The second-order valence-electron chi connectivity index (χ2n) is 5.88. The van der Waals surface area contributed by atoms with Gasteiger partial charge in [0.25, 0.3) is 0 Å². The van der Waals surface area contributed by atoms with Crippen LogP contribution in [0.5, 0.6) is 5.75 Å². The Morgan fingerprint density at radius 2 is 1.96 bits per heavy atom. The van der Waals surface area contributed by atoms with Gasteiger partial charge in [-0.25, -0.2) is 9.78 Å². The topological polar surface area (TPSA) is 76.4 Å². The molecule has 3 aromatic rings. The molecule has 0 atom stereocenters. The fourth-order valence-corrected chi connectivity index (χ4v) is 2.56. The highest BCUT2D eigenvalue weighted by molar-refractivity contribution is 5.89. The van der Waals surface area contributed by atoms with Crippen molar-refractivity contribution < 1.29 is 13.9 Å². The van der Waals surface area contributed by atoms with Crippen LogP contribution in [0.15, 0.2) is 52.9 Å². The van der Waals surface area contributed by atoms with Gasteiger partial charge in [-0.3, -0.25) is 0 Å². The Hall–Kier alpha value is -3.28. The zero-order valence-electron chi connectivity index (χ0n) is 15.0. The number of anilines is 1. The van der Waals surface area contributed by atoms with Gasteiger partial charge in [0.2, 0.25) is 5.89 Å². The molecule has 2 aromatic carbocycles. The minimum atomic E-state index is -0.321. The van der Waals surface area contributed by atoms with Crippen molar-refractivity contribution in [3.05, 3.63) is 65.5 Å². The summed E-state index contributed by atoms with van der Waals surface area (Å²) in [5, 5.41) is 5.56. The quantitative estimate of drug-likeness (QED) is 0.719. The molecule has 0 saturated carbocycles. The molecular formula is C20H21N3O3. The van der Waals surface area contributed by atoms with E-state index in [0.29, 0.717) is 28.8 Å². The van der Waals surface area contributed by atoms with Crippen LogP contribution in [0, 0.1) is 13.8 Å². The zero-order chi connectivity index (χ0) is 18.5. The average Bonchev–Trinajstić information content (AvgIpc) is 3.01. The lowest BCUT2D eigenvalue weighted by Gasteiger charge is -2.08. The molecule has 0 unspecified atom stereocenters. The number of carbonyl (C=O) groups is 1. The minimum Gasteiger partial charge on any atom is -0.497 e. The molecule has 6 heteroatoms. The molecule has 134 valence electrons. The lowest BCUT2D eigenvalue weighted by Crippen LogP contribution is -2.28. The SMILES string of the molecule is COc1cccc(NC(=O)NCc2nc(-c3ccccc3C)oc2C)c1. The largest absolute Gasteiger partial charge is 0.497 e. The van der Waals surface area contributed by atoms with E-state index in [1.54, 1.807) is 19.2 Å². The highest BCUT2D eigenvalue weighted by Crippen LogP contribution is 2.24. The van der Waals surface area contributed by atoms with Gasteiger partial charge in [0.1, 0.15) is 17.2 Å². The maximum atomic E-state index is 12.1. The van der Waals surface area contributed by atoms with E-state index in [2.05, 4.69) is 15.6 Å². The Labute approximate surface area is 152 Å². The third kappa shape index (κ3) is 4.03. The highest BCUT2D eigenvalue weighted by Gasteiger charge is 2.13. The van der Waals surface area contributed by atoms with Crippen LogP contribution < -0.4 is 15.4 Å². The van der Waals surface area contributed by atoms with Gasteiger partial charge >= 0.3 is 6.03 Å². The predicted molar refractivity (Wildman–Crippen MR) is 100 cm³/mol. The van der Waals surface area contributed by atoms with Gasteiger partial charge in [-0.15, -0.1) is 0 Å². The number of rotatable bonds is 5. The second kappa shape index (κ2) is 7.74. The number of aromatic nitrogens is 1. The number of nitrogens with zero attached hydrogens (tertiary/aromatic N) is 1. The minimum absolute atomic E-state index is 0.275. The molecule has 26 heavy (non-hydrogen) atoms. The predicted octanol–water partition coefficient (Wildman–Crippen LogP) is 4.29. The number of urea groups is 1. The zero-order valence-corrected chi connectivity index (χ0v) is 15.0. The molecule has 0 aliphatic heterocycles. The van der Waals surface area contributed by atoms with Gasteiger partial charge in [-0.05, 0) is 37.6 Å². The number of ether oxygens (including phenoxy) is 1. The third-order valence-electron chi connectivity index (χ3n) is 4.01. The number of methoxy groups -OCH3 is 1. The van der Waals surface area contributed by atoms with E-state index in [0.717, 1.165) is 11.1 Å². The first-order valence-corrected chi connectivity index (χ1v) is 8.28. The molecule has 0 aliphatic rings. The monoisotopic (exact) mass is 351 g/mol.